The lowest BCUT2D eigenvalue weighted by atomic mass is 9.97. The van der Waals surface area contributed by atoms with Crippen molar-refractivity contribution in [2.45, 2.75) is 511 Å². The maximum absolute atomic E-state index is 13.4. The fraction of sp³-hybridized carbons (Fsp3) is 0.902. The molecule has 0 aromatic heterocycles. The largest absolute Gasteiger partial charge is 0.394 e. The standard InChI is InChI=1S/C92H173NO13/c1-3-5-7-9-11-13-15-17-19-21-23-25-27-29-31-33-35-36-37-38-39-40-41-42-43-44-46-48-50-52-54-56-58-60-62-64-66-68-70-72-74-76-84(97)93-80(79-103-91-89(102)87(100)90(83(78-95)105-91)106-92-88(101)86(99)85(98)82(77-94)104-92)81(96)75-73-71-69-67-65-63-61-59-57-55-53-51-49-47-45-34-32-30-28-26-24-22-20-18-16-14-12-10-8-6-4-2/h15,17,21,23,27,29,73,75,80-83,85-92,94-96,98-102H,3-14,16,18-20,22,24-26,28,30-72,74,76-79H2,1-2H3,(H,93,97)/b17-15-,23-21-,29-27-,75-73+. The molecular formula is C92H173NO13. The fourth-order valence-corrected chi connectivity index (χ4v) is 15.3. The van der Waals surface area contributed by atoms with E-state index in [0.717, 1.165) is 51.4 Å². The van der Waals surface area contributed by atoms with Crippen molar-refractivity contribution < 1.29 is 64.6 Å². The minimum Gasteiger partial charge on any atom is -0.394 e. The number of nitrogens with one attached hydrogen (secondary N) is 1. The molecule has 12 atom stereocenters. The molecule has 9 N–H and O–H groups in total. The molecule has 2 saturated heterocycles. The first-order chi connectivity index (χ1) is 52.1. The molecule has 1 amide bonds. The molecular weight excluding hydrogens is 1330 g/mol. The van der Waals surface area contributed by atoms with Crippen molar-refractivity contribution in [3.05, 3.63) is 48.6 Å². The number of hydrogen-bond acceptors (Lipinski definition) is 13. The lowest BCUT2D eigenvalue weighted by molar-refractivity contribution is -0.359. The molecule has 2 fully saturated rings. The Morgan fingerprint density at radius 2 is 0.623 bits per heavy atom. The van der Waals surface area contributed by atoms with Crippen molar-refractivity contribution in [2.24, 2.45) is 0 Å². The van der Waals surface area contributed by atoms with Crippen molar-refractivity contribution in [2.75, 3.05) is 19.8 Å². The van der Waals surface area contributed by atoms with Gasteiger partial charge in [0.25, 0.3) is 0 Å². The van der Waals surface area contributed by atoms with E-state index < -0.39 is 86.8 Å². The van der Waals surface area contributed by atoms with Crippen LogP contribution in [0.2, 0.25) is 0 Å². The second kappa shape index (κ2) is 75.6. The second-order valence-corrected chi connectivity index (χ2v) is 32.4. The summed E-state index contributed by atoms with van der Waals surface area (Å²) in [6.07, 6.45) is 86.6. The van der Waals surface area contributed by atoms with E-state index in [-0.39, 0.29) is 18.9 Å². The Labute approximate surface area is 652 Å². The van der Waals surface area contributed by atoms with Crippen molar-refractivity contribution in [1.82, 2.24) is 5.32 Å². The van der Waals surface area contributed by atoms with Crippen LogP contribution in [0.25, 0.3) is 0 Å². The number of unbranched alkanes of at least 4 members (excludes halogenated alkanes) is 60. The summed E-state index contributed by atoms with van der Waals surface area (Å²) in [5.74, 6) is -0.229. The predicted molar refractivity (Wildman–Crippen MR) is 443 cm³/mol. The maximum atomic E-state index is 13.4. The van der Waals surface area contributed by atoms with Crippen molar-refractivity contribution in [1.29, 1.82) is 0 Å². The summed E-state index contributed by atoms with van der Waals surface area (Å²) in [7, 11) is 0. The SMILES string of the molecule is CCCCCCC/C=C\C/C=C\C/C=C\CCCCCCCCCCCCCCCCCCCCCCCCCCCCC(=O)NC(COC1OC(CO)C(OC2OC(CO)C(O)C(O)C2O)C(O)C1O)C(O)/C=C/CCCCCCCCCCCCCCCCCCCCCCCCCCCCCCC. The summed E-state index contributed by atoms with van der Waals surface area (Å²) < 4.78 is 23.0. The molecule has 2 aliphatic rings. The van der Waals surface area contributed by atoms with Crippen molar-refractivity contribution in [3.63, 3.8) is 0 Å². The van der Waals surface area contributed by atoms with Crippen LogP contribution in [-0.2, 0) is 23.7 Å². The van der Waals surface area contributed by atoms with Gasteiger partial charge in [-0.3, -0.25) is 4.79 Å². The molecule has 0 bridgehead atoms. The summed E-state index contributed by atoms with van der Waals surface area (Å²) in [5.41, 5.74) is 0. The van der Waals surface area contributed by atoms with Crippen LogP contribution in [-0.4, -0.2) is 140 Å². The third-order valence-corrected chi connectivity index (χ3v) is 22.5. The zero-order valence-electron chi connectivity index (χ0n) is 69.0. The van der Waals surface area contributed by atoms with E-state index in [1.807, 2.05) is 6.08 Å². The quantitative estimate of drug-likeness (QED) is 0.0204. The van der Waals surface area contributed by atoms with E-state index in [0.29, 0.717) is 6.42 Å². The van der Waals surface area contributed by atoms with E-state index in [1.54, 1.807) is 6.08 Å². The molecule has 106 heavy (non-hydrogen) atoms. The van der Waals surface area contributed by atoms with Gasteiger partial charge in [0.1, 0.15) is 48.8 Å². The smallest absolute Gasteiger partial charge is 0.220 e. The van der Waals surface area contributed by atoms with Gasteiger partial charge in [-0.1, -0.05) is 422 Å². The van der Waals surface area contributed by atoms with Crippen LogP contribution in [0.4, 0.5) is 0 Å². The van der Waals surface area contributed by atoms with Gasteiger partial charge >= 0.3 is 0 Å². The minimum absolute atomic E-state index is 0.229. The van der Waals surface area contributed by atoms with E-state index >= 15 is 0 Å². The van der Waals surface area contributed by atoms with Crippen LogP contribution in [0, 0.1) is 0 Å². The number of carbonyl (C=O) groups excluding carboxylic acids is 1. The number of rotatable bonds is 79. The van der Waals surface area contributed by atoms with Gasteiger partial charge in [-0.2, -0.15) is 0 Å². The molecule has 0 aliphatic carbocycles. The average molecular weight is 1500 g/mol. The Balaban J connectivity index is 1.55. The highest BCUT2D eigenvalue weighted by molar-refractivity contribution is 5.76. The third-order valence-electron chi connectivity index (χ3n) is 22.5. The summed E-state index contributed by atoms with van der Waals surface area (Å²) in [6, 6.07) is -0.916. The van der Waals surface area contributed by atoms with Gasteiger partial charge in [-0.25, -0.2) is 0 Å². The van der Waals surface area contributed by atoms with Crippen LogP contribution in [0.1, 0.15) is 438 Å². The van der Waals surface area contributed by atoms with Gasteiger partial charge in [0.2, 0.25) is 5.91 Å². The highest BCUT2D eigenvalue weighted by Crippen LogP contribution is 2.31. The molecule has 12 unspecified atom stereocenters. The predicted octanol–water partition coefficient (Wildman–Crippen LogP) is 22.5. The molecule has 0 saturated carbocycles. The molecule has 2 rings (SSSR count). The zero-order valence-corrected chi connectivity index (χ0v) is 69.0. The van der Waals surface area contributed by atoms with Gasteiger partial charge in [0, 0.05) is 6.42 Å². The lowest BCUT2D eigenvalue weighted by Gasteiger charge is -2.46. The van der Waals surface area contributed by atoms with Crippen LogP contribution in [0.3, 0.4) is 0 Å². The first-order valence-electron chi connectivity index (χ1n) is 45.9. The number of allylic oxidation sites excluding steroid dienone is 7. The number of carbonyl (C=O) groups is 1. The highest BCUT2D eigenvalue weighted by Gasteiger charge is 2.51. The Morgan fingerprint density at radius 1 is 0.340 bits per heavy atom. The lowest BCUT2D eigenvalue weighted by Crippen LogP contribution is -2.65. The maximum Gasteiger partial charge on any atom is 0.220 e. The number of aliphatic hydroxyl groups is 8. The molecule has 2 aliphatic heterocycles. The third kappa shape index (κ3) is 57.0. The summed E-state index contributed by atoms with van der Waals surface area (Å²) in [5, 5.41) is 87.9. The van der Waals surface area contributed by atoms with Crippen LogP contribution in [0.15, 0.2) is 48.6 Å². The summed E-state index contributed by atoms with van der Waals surface area (Å²) in [4.78, 5) is 13.4. The number of amides is 1. The Morgan fingerprint density at radius 3 is 0.953 bits per heavy atom. The molecule has 14 heteroatoms. The summed E-state index contributed by atoms with van der Waals surface area (Å²) in [6.45, 7) is 2.86. The Hall–Kier alpha value is -2.05. The molecule has 2 heterocycles. The highest BCUT2D eigenvalue weighted by atomic mass is 16.7. The normalized spacial score (nSPS) is 21.5. The first kappa shape index (κ1) is 100. The van der Waals surface area contributed by atoms with E-state index in [2.05, 4.69) is 55.6 Å². The number of aliphatic hydroxyl groups excluding tert-OH is 8. The van der Waals surface area contributed by atoms with Gasteiger partial charge in [-0.05, 0) is 57.8 Å². The second-order valence-electron chi connectivity index (χ2n) is 32.4. The van der Waals surface area contributed by atoms with Crippen LogP contribution in [0.5, 0.6) is 0 Å². The molecule has 0 aromatic rings. The monoisotopic (exact) mass is 1500 g/mol. The van der Waals surface area contributed by atoms with Crippen LogP contribution >= 0.6 is 0 Å². The molecule has 0 radical (unpaired) electrons. The first-order valence-corrected chi connectivity index (χ1v) is 45.9. The van der Waals surface area contributed by atoms with Crippen molar-refractivity contribution in [3.8, 4) is 0 Å². The Kier molecular flexibility index (Phi) is 71.4. The Bertz CT molecular complexity index is 1970. The van der Waals surface area contributed by atoms with Crippen LogP contribution < -0.4 is 5.32 Å². The van der Waals surface area contributed by atoms with Crippen molar-refractivity contribution >= 4 is 5.91 Å². The van der Waals surface area contributed by atoms with Gasteiger partial charge < -0.3 is 65.1 Å². The van der Waals surface area contributed by atoms with E-state index in [9.17, 15) is 45.6 Å². The zero-order chi connectivity index (χ0) is 76.5. The topological polar surface area (TPSA) is 228 Å². The molecule has 0 spiro atoms. The fourth-order valence-electron chi connectivity index (χ4n) is 15.3. The van der Waals surface area contributed by atoms with E-state index in [1.165, 1.54) is 360 Å². The van der Waals surface area contributed by atoms with E-state index in [4.69, 9.17) is 18.9 Å². The minimum atomic E-state index is -1.79. The van der Waals surface area contributed by atoms with Gasteiger partial charge in [-0.15, -0.1) is 0 Å². The number of ether oxygens (including phenoxy) is 4. The number of hydrogen-bond donors (Lipinski definition) is 9. The molecule has 624 valence electrons. The molecule has 0 aromatic carbocycles. The average Bonchev–Trinajstić information content (AvgIpc) is 0.790. The van der Waals surface area contributed by atoms with Gasteiger partial charge in [0.05, 0.1) is 32.0 Å². The molecule has 14 nitrogen and oxygen atoms in total. The summed E-state index contributed by atoms with van der Waals surface area (Å²) >= 11 is 0. The van der Waals surface area contributed by atoms with Gasteiger partial charge in [0.15, 0.2) is 12.6 Å².